The summed E-state index contributed by atoms with van der Waals surface area (Å²) in [6.45, 7) is 0. The number of Topliss-reactive ketones (excluding diaryl/α,β-unsaturated/α-hetero) is 2. The molecule has 0 saturated carbocycles. The highest BCUT2D eigenvalue weighted by Crippen LogP contribution is 2.55. The summed E-state index contributed by atoms with van der Waals surface area (Å²) in [5, 5.41) is 41.8. The highest BCUT2D eigenvalue weighted by molar-refractivity contribution is 6.05. The van der Waals surface area contributed by atoms with Crippen molar-refractivity contribution in [2.75, 3.05) is 0 Å². The molecule has 0 fully saturated rings. The first-order valence-corrected chi connectivity index (χ1v) is 8.54. The van der Waals surface area contributed by atoms with Crippen LogP contribution in [0.4, 0.5) is 0 Å². The molecule has 3 aliphatic carbocycles. The van der Waals surface area contributed by atoms with Gasteiger partial charge in [0.25, 0.3) is 0 Å². The predicted molar refractivity (Wildman–Crippen MR) is 89.8 cm³/mol. The second-order valence-electron chi connectivity index (χ2n) is 7.27. The zero-order valence-electron chi connectivity index (χ0n) is 13.6. The number of hydrogen-bond donors (Lipinski definition) is 4. The number of aliphatic hydroxyl groups excluding tert-OH is 2. The Morgan fingerprint density at radius 1 is 0.692 bits per heavy atom. The van der Waals surface area contributed by atoms with Gasteiger partial charge in [0.15, 0.2) is 11.6 Å². The first-order valence-electron chi connectivity index (χ1n) is 8.54. The Morgan fingerprint density at radius 3 is 1.46 bits per heavy atom. The zero-order valence-corrected chi connectivity index (χ0v) is 13.6. The highest BCUT2D eigenvalue weighted by atomic mass is 16.3. The Bertz CT molecular complexity index is 926. The minimum atomic E-state index is -1.00. The van der Waals surface area contributed by atoms with Crippen LogP contribution in [-0.2, 0) is 0 Å². The minimum absolute atomic E-state index is 0.133. The maximum absolute atomic E-state index is 12.5. The second kappa shape index (κ2) is 4.93. The van der Waals surface area contributed by atoms with E-state index in [1.807, 2.05) is 0 Å². The molecule has 2 aromatic carbocycles. The van der Waals surface area contributed by atoms with Gasteiger partial charge in [-0.05, 0) is 34.4 Å². The summed E-state index contributed by atoms with van der Waals surface area (Å²) in [6, 6.07) is 6.09. The van der Waals surface area contributed by atoms with Gasteiger partial charge in [-0.25, -0.2) is 0 Å². The van der Waals surface area contributed by atoms with Crippen LogP contribution in [0.3, 0.4) is 0 Å². The minimum Gasteiger partial charge on any atom is -0.507 e. The molecule has 3 aliphatic rings. The molecular weight excluding hydrogens is 336 g/mol. The molecule has 0 bridgehead atoms. The van der Waals surface area contributed by atoms with Crippen molar-refractivity contribution in [3.05, 3.63) is 57.6 Å². The molecule has 6 nitrogen and oxygen atoms in total. The summed E-state index contributed by atoms with van der Waals surface area (Å²) in [6.07, 6.45) is -2.27. The van der Waals surface area contributed by atoms with Crippen LogP contribution in [0.1, 0.15) is 67.6 Å². The number of ketones is 2. The Balaban J connectivity index is 1.93. The van der Waals surface area contributed by atoms with E-state index in [1.54, 1.807) is 12.1 Å². The molecule has 132 valence electrons. The third-order valence-electron chi connectivity index (χ3n) is 5.92. The first kappa shape index (κ1) is 15.5. The van der Waals surface area contributed by atoms with Crippen LogP contribution in [0.2, 0.25) is 0 Å². The number of rotatable bonds is 0. The number of carbonyl (C=O) groups excluding carboxylic acids is 2. The lowest BCUT2D eigenvalue weighted by Gasteiger charge is -2.43. The van der Waals surface area contributed by atoms with Gasteiger partial charge in [-0.3, -0.25) is 9.59 Å². The molecule has 0 amide bonds. The number of hydrogen-bond acceptors (Lipinski definition) is 6. The van der Waals surface area contributed by atoms with Gasteiger partial charge in [0.1, 0.15) is 11.5 Å². The van der Waals surface area contributed by atoms with Crippen molar-refractivity contribution in [3.63, 3.8) is 0 Å². The maximum Gasteiger partial charge on any atom is 0.169 e. The lowest BCUT2D eigenvalue weighted by molar-refractivity contribution is 0.0755. The van der Waals surface area contributed by atoms with Crippen LogP contribution in [0.15, 0.2) is 24.3 Å². The third kappa shape index (κ3) is 1.73. The van der Waals surface area contributed by atoms with Crippen molar-refractivity contribution in [3.8, 4) is 11.5 Å². The summed E-state index contributed by atoms with van der Waals surface area (Å²) >= 11 is 0. The summed E-state index contributed by atoms with van der Waals surface area (Å²) in [5.41, 5.74) is 2.65. The van der Waals surface area contributed by atoms with Gasteiger partial charge in [0, 0.05) is 24.7 Å². The Labute approximate surface area is 148 Å². The van der Waals surface area contributed by atoms with Crippen molar-refractivity contribution in [1.82, 2.24) is 0 Å². The summed E-state index contributed by atoms with van der Waals surface area (Å²) < 4.78 is 0. The third-order valence-corrected chi connectivity index (χ3v) is 5.92. The summed E-state index contributed by atoms with van der Waals surface area (Å²) in [5.74, 6) is -2.15. The number of carbonyl (C=O) groups is 2. The van der Waals surface area contributed by atoms with E-state index < -0.39 is 24.0 Å². The number of aromatic hydroxyl groups is 2. The number of benzene rings is 2. The monoisotopic (exact) mass is 352 g/mol. The number of fused-ring (bicyclic) bond motifs is 2. The molecular formula is C20H16O6. The van der Waals surface area contributed by atoms with Crippen LogP contribution < -0.4 is 0 Å². The first-order chi connectivity index (χ1) is 12.4. The van der Waals surface area contributed by atoms with Crippen LogP contribution in [0, 0.1) is 0 Å². The fourth-order valence-corrected chi connectivity index (χ4v) is 4.98. The quantitative estimate of drug-likeness (QED) is 0.572. The smallest absolute Gasteiger partial charge is 0.169 e. The molecule has 0 heterocycles. The van der Waals surface area contributed by atoms with Crippen LogP contribution >= 0.6 is 0 Å². The molecule has 4 atom stereocenters. The number of phenols is 2. The van der Waals surface area contributed by atoms with Gasteiger partial charge in [0.05, 0.1) is 23.3 Å². The molecule has 2 aromatic rings. The second-order valence-corrected chi connectivity index (χ2v) is 7.27. The van der Waals surface area contributed by atoms with Gasteiger partial charge < -0.3 is 20.4 Å². The van der Waals surface area contributed by atoms with E-state index in [1.165, 1.54) is 12.1 Å². The van der Waals surface area contributed by atoms with E-state index in [9.17, 15) is 30.0 Å². The maximum atomic E-state index is 12.5. The van der Waals surface area contributed by atoms with Gasteiger partial charge >= 0.3 is 0 Å². The van der Waals surface area contributed by atoms with E-state index in [0.29, 0.717) is 22.3 Å². The molecule has 0 unspecified atom stereocenters. The van der Waals surface area contributed by atoms with Crippen molar-refractivity contribution in [2.24, 2.45) is 0 Å². The lowest BCUT2D eigenvalue weighted by Crippen LogP contribution is -2.40. The Kier molecular flexibility index (Phi) is 2.95. The molecule has 0 radical (unpaired) electrons. The molecule has 0 spiro atoms. The van der Waals surface area contributed by atoms with Crippen molar-refractivity contribution < 1.29 is 30.0 Å². The van der Waals surface area contributed by atoms with Crippen molar-refractivity contribution in [2.45, 2.75) is 36.9 Å². The van der Waals surface area contributed by atoms with E-state index in [0.717, 1.165) is 0 Å². The normalized spacial score (nSPS) is 28.5. The molecule has 0 aliphatic heterocycles. The predicted octanol–water partition coefficient (Wildman–Crippen LogP) is 1.57. The summed E-state index contributed by atoms with van der Waals surface area (Å²) in [7, 11) is 0. The zero-order chi connectivity index (χ0) is 18.3. The van der Waals surface area contributed by atoms with Crippen LogP contribution in [0.5, 0.6) is 11.5 Å². The standard InChI is InChI=1S/C20H16O6/c21-9-3-1-7-15-11(23)5-14(26)20-10(22)4-2-8(18(15)20)16-12(24)6-13(25)19(9)17(7)16/h1-4,11-12,15-16,21-24H,5-6H2/t11-,12-,15+,16+/m0/s1. The lowest BCUT2D eigenvalue weighted by atomic mass is 9.61. The van der Waals surface area contributed by atoms with E-state index in [4.69, 9.17) is 0 Å². The average Bonchev–Trinajstić information content (AvgIpc) is 2.57. The van der Waals surface area contributed by atoms with Crippen LogP contribution in [-0.4, -0.2) is 44.2 Å². The largest absolute Gasteiger partial charge is 0.507 e. The van der Waals surface area contributed by atoms with E-state index >= 15 is 0 Å². The van der Waals surface area contributed by atoms with E-state index in [-0.39, 0.29) is 47.0 Å². The fraction of sp³-hybridized carbons (Fsp3) is 0.300. The average molecular weight is 352 g/mol. The fourth-order valence-electron chi connectivity index (χ4n) is 4.98. The topological polar surface area (TPSA) is 115 Å². The highest BCUT2D eigenvalue weighted by Gasteiger charge is 2.48. The van der Waals surface area contributed by atoms with Gasteiger partial charge in [0.2, 0.25) is 0 Å². The SMILES string of the molecule is O=C1C[C@H](O)[C@H]2c3ccc(O)c4c3[C@H](c3ccc(O)c1c32)[C@@H](O)CC4=O. The van der Waals surface area contributed by atoms with Gasteiger partial charge in [-0.1, -0.05) is 12.1 Å². The molecule has 4 N–H and O–H groups in total. The van der Waals surface area contributed by atoms with Crippen LogP contribution in [0.25, 0.3) is 0 Å². The van der Waals surface area contributed by atoms with E-state index in [2.05, 4.69) is 0 Å². The molecule has 0 saturated heterocycles. The summed E-state index contributed by atoms with van der Waals surface area (Å²) in [4.78, 5) is 24.9. The van der Waals surface area contributed by atoms with Gasteiger partial charge in [-0.2, -0.15) is 0 Å². The molecule has 5 rings (SSSR count). The van der Waals surface area contributed by atoms with Gasteiger partial charge in [-0.15, -0.1) is 0 Å². The Hall–Kier alpha value is -2.70. The van der Waals surface area contributed by atoms with Crippen molar-refractivity contribution in [1.29, 1.82) is 0 Å². The Morgan fingerprint density at radius 2 is 1.08 bits per heavy atom. The molecule has 26 heavy (non-hydrogen) atoms. The number of aliphatic hydroxyl groups is 2. The molecule has 6 heteroatoms. The molecule has 0 aromatic heterocycles. The number of phenolic OH excluding ortho intramolecular Hbond substituents is 2. The van der Waals surface area contributed by atoms with Crippen molar-refractivity contribution >= 4 is 11.6 Å².